The third-order valence-corrected chi connectivity index (χ3v) is 2.36. The molecule has 0 aliphatic heterocycles. The largest absolute Gasteiger partial charge is 0.507 e. The highest BCUT2D eigenvalue weighted by molar-refractivity contribution is 5.98. The standard InChI is InChI=1S/C11H14O2/c1-6-5-7(2)10(9(4)12)11(13)8(6)3/h5,13H,1-4H3. The highest BCUT2D eigenvalue weighted by Gasteiger charge is 2.13. The third-order valence-electron chi connectivity index (χ3n) is 2.36. The van der Waals surface area contributed by atoms with E-state index in [0.717, 1.165) is 16.7 Å². The van der Waals surface area contributed by atoms with Gasteiger partial charge in [-0.25, -0.2) is 0 Å². The highest BCUT2D eigenvalue weighted by Crippen LogP contribution is 2.28. The second-order valence-electron chi connectivity index (χ2n) is 3.42. The number of rotatable bonds is 1. The molecule has 0 saturated heterocycles. The van der Waals surface area contributed by atoms with Gasteiger partial charge in [-0.2, -0.15) is 0 Å². The predicted molar refractivity (Wildman–Crippen MR) is 52.3 cm³/mol. The molecular weight excluding hydrogens is 164 g/mol. The van der Waals surface area contributed by atoms with Gasteiger partial charge in [0.2, 0.25) is 0 Å². The average molecular weight is 178 g/mol. The van der Waals surface area contributed by atoms with Crippen LogP contribution in [0.5, 0.6) is 5.75 Å². The van der Waals surface area contributed by atoms with Gasteiger partial charge in [0.05, 0.1) is 5.56 Å². The van der Waals surface area contributed by atoms with Crippen LogP contribution in [-0.2, 0) is 0 Å². The van der Waals surface area contributed by atoms with E-state index in [0.29, 0.717) is 5.56 Å². The van der Waals surface area contributed by atoms with Gasteiger partial charge in [-0.1, -0.05) is 6.07 Å². The van der Waals surface area contributed by atoms with Gasteiger partial charge in [-0.3, -0.25) is 4.79 Å². The Balaban J connectivity index is 3.53. The molecule has 1 aromatic carbocycles. The molecule has 0 aliphatic rings. The molecule has 0 radical (unpaired) electrons. The van der Waals surface area contributed by atoms with Crippen molar-refractivity contribution < 1.29 is 9.90 Å². The van der Waals surface area contributed by atoms with Gasteiger partial charge in [-0.15, -0.1) is 0 Å². The lowest BCUT2D eigenvalue weighted by Gasteiger charge is -2.10. The first-order valence-electron chi connectivity index (χ1n) is 4.26. The summed E-state index contributed by atoms with van der Waals surface area (Å²) in [5.41, 5.74) is 3.09. The van der Waals surface area contributed by atoms with Crippen molar-refractivity contribution >= 4 is 5.78 Å². The van der Waals surface area contributed by atoms with E-state index >= 15 is 0 Å². The molecule has 0 amide bonds. The summed E-state index contributed by atoms with van der Waals surface area (Å²) in [6.45, 7) is 7.04. The Bertz CT molecular complexity index is 365. The van der Waals surface area contributed by atoms with Gasteiger partial charge in [0.1, 0.15) is 5.75 Å². The Kier molecular flexibility index (Phi) is 2.41. The van der Waals surface area contributed by atoms with Crippen molar-refractivity contribution in [3.8, 4) is 5.75 Å². The molecule has 0 fully saturated rings. The fourth-order valence-corrected chi connectivity index (χ4v) is 1.51. The number of phenolic OH excluding ortho intramolecular Hbond substituents is 1. The number of carbonyl (C=O) groups is 1. The fraction of sp³-hybridized carbons (Fsp3) is 0.364. The van der Waals surface area contributed by atoms with Gasteiger partial charge in [0, 0.05) is 0 Å². The zero-order valence-electron chi connectivity index (χ0n) is 8.43. The number of Topliss-reactive ketones (excluding diaryl/α,β-unsaturated/α-hetero) is 1. The number of hydrogen-bond donors (Lipinski definition) is 1. The second-order valence-corrected chi connectivity index (χ2v) is 3.42. The minimum atomic E-state index is -0.0851. The van der Waals surface area contributed by atoms with Crippen LogP contribution in [0.2, 0.25) is 0 Å². The zero-order chi connectivity index (χ0) is 10.2. The summed E-state index contributed by atoms with van der Waals surface area (Å²) < 4.78 is 0. The first-order chi connectivity index (χ1) is 5.95. The summed E-state index contributed by atoms with van der Waals surface area (Å²) in [5, 5.41) is 9.71. The van der Waals surface area contributed by atoms with Crippen molar-refractivity contribution in [1.82, 2.24) is 0 Å². The van der Waals surface area contributed by atoms with Crippen LogP contribution in [0.3, 0.4) is 0 Å². The van der Waals surface area contributed by atoms with Crippen LogP contribution < -0.4 is 0 Å². The molecule has 70 valence electrons. The van der Waals surface area contributed by atoms with E-state index < -0.39 is 0 Å². The quantitative estimate of drug-likeness (QED) is 0.671. The Labute approximate surface area is 78.2 Å². The molecule has 0 aromatic heterocycles. The van der Waals surface area contributed by atoms with Crippen LogP contribution in [-0.4, -0.2) is 10.9 Å². The average Bonchev–Trinajstić information content (AvgIpc) is 1.99. The maximum absolute atomic E-state index is 11.2. The molecular formula is C11H14O2. The smallest absolute Gasteiger partial charge is 0.163 e. The van der Waals surface area contributed by atoms with E-state index in [1.807, 2.05) is 26.8 Å². The van der Waals surface area contributed by atoms with Crippen molar-refractivity contribution in [1.29, 1.82) is 0 Å². The molecule has 13 heavy (non-hydrogen) atoms. The number of carbonyl (C=O) groups excluding carboxylic acids is 1. The predicted octanol–water partition coefficient (Wildman–Crippen LogP) is 2.52. The molecule has 0 aliphatic carbocycles. The lowest BCUT2D eigenvalue weighted by atomic mass is 9.97. The van der Waals surface area contributed by atoms with E-state index in [4.69, 9.17) is 0 Å². The van der Waals surface area contributed by atoms with Crippen molar-refractivity contribution in [3.05, 3.63) is 28.3 Å². The van der Waals surface area contributed by atoms with Crippen LogP contribution in [0.25, 0.3) is 0 Å². The van der Waals surface area contributed by atoms with E-state index in [-0.39, 0.29) is 11.5 Å². The lowest BCUT2D eigenvalue weighted by molar-refractivity contribution is 0.101. The van der Waals surface area contributed by atoms with Crippen molar-refractivity contribution in [2.75, 3.05) is 0 Å². The second kappa shape index (κ2) is 3.21. The Morgan fingerprint density at radius 1 is 1.23 bits per heavy atom. The van der Waals surface area contributed by atoms with Crippen LogP contribution in [0.15, 0.2) is 6.07 Å². The first-order valence-corrected chi connectivity index (χ1v) is 4.26. The van der Waals surface area contributed by atoms with Gasteiger partial charge >= 0.3 is 0 Å². The van der Waals surface area contributed by atoms with Gasteiger partial charge < -0.3 is 5.11 Å². The summed E-state index contributed by atoms with van der Waals surface area (Å²) >= 11 is 0. The molecule has 0 saturated carbocycles. The molecule has 2 heteroatoms. The normalized spacial score (nSPS) is 10.2. The molecule has 1 N–H and O–H groups in total. The van der Waals surface area contributed by atoms with Crippen LogP contribution in [0.1, 0.15) is 34.0 Å². The molecule has 0 unspecified atom stereocenters. The van der Waals surface area contributed by atoms with Gasteiger partial charge in [0.25, 0.3) is 0 Å². The Morgan fingerprint density at radius 2 is 1.77 bits per heavy atom. The monoisotopic (exact) mass is 178 g/mol. The van der Waals surface area contributed by atoms with Crippen molar-refractivity contribution in [2.45, 2.75) is 27.7 Å². The summed E-state index contributed by atoms with van der Waals surface area (Å²) in [7, 11) is 0. The maximum Gasteiger partial charge on any atom is 0.163 e. The number of hydrogen-bond acceptors (Lipinski definition) is 2. The molecule has 0 atom stereocenters. The zero-order valence-corrected chi connectivity index (χ0v) is 8.43. The van der Waals surface area contributed by atoms with E-state index in [1.54, 1.807) is 0 Å². The van der Waals surface area contributed by atoms with Crippen LogP contribution >= 0.6 is 0 Å². The Morgan fingerprint density at radius 3 is 2.23 bits per heavy atom. The summed E-state index contributed by atoms with van der Waals surface area (Å²) in [5.74, 6) is 0.0445. The molecule has 1 rings (SSSR count). The summed E-state index contributed by atoms with van der Waals surface area (Å²) in [4.78, 5) is 11.2. The number of ketones is 1. The SMILES string of the molecule is CC(=O)c1c(C)cc(C)c(C)c1O. The molecule has 2 nitrogen and oxygen atoms in total. The van der Waals surface area contributed by atoms with Crippen molar-refractivity contribution in [2.24, 2.45) is 0 Å². The highest BCUT2D eigenvalue weighted by atomic mass is 16.3. The minimum Gasteiger partial charge on any atom is -0.507 e. The number of phenols is 1. The fourth-order valence-electron chi connectivity index (χ4n) is 1.51. The van der Waals surface area contributed by atoms with E-state index in [9.17, 15) is 9.90 Å². The number of aryl methyl sites for hydroxylation is 2. The molecule has 0 heterocycles. The van der Waals surface area contributed by atoms with E-state index in [2.05, 4.69) is 0 Å². The molecule has 0 spiro atoms. The summed E-state index contributed by atoms with van der Waals surface area (Å²) in [6.07, 6.45) is 0. The maximum atomic E-state index is 11.2. The topological polar surface area (TPSA) is 37.3 Å². The van der Waals surface area contributed by atoms with Crippen LogP contribution in [0.4, 0.5) is 0 Å². The van der Waals surface area contributed by atoms with Crippen LogP contribution in [0, 0.1) is 20.8 Å². The third kappa shape index (κ3) is 1.57. The first kappa shape index (κ1) is 9.78. The summed E-state index contributed by atoms with van der Waals surface area (Å²) in [6, 6.07) is 1.92. The molecule has 1 aromatic rings. The van der Waals surface area contributed by atoms with Gasteiger partial charge in [0.15, 0.2) is 5.78 Å². The van der Waals surface area contributed by atoms with Gasteiger partial charge in [-0.05, 0) is 44.4 Å². The Hall–Kier alpha value is -1.31. The molecule has 0 bridgehead atoms. The minimum absolute atomic E-state index is 0.0851. The number of aromatic hydroxyl groups is 1. The van der Waals surface area contributed by atoms with Crippen molar-refractivity contribution in [3.63, 3.8) is 0 Å². The number of benzene rings is 1. The van der Waals surface area contributed by atoms with E-state index in [1.165, 1.54) is 6.92 Å². The lowest BCUT2D eigenvalue weighted by Crippen LogP contribution is -1.99.